The predicted molar refractivity (Wildman–Crippen MR) is 139 cm³/mol. The van der Waals surface area contributed by atoms with E-state index in [1.54, 1.807) is 36.4 Å². The first-order chi connectivity index (χ1) is 17.6. The van der Waals surface area contributed by atoms with Crippen LogP contribution in [-0.4, -0.2) is 41.2 Å². The highest BCUT2D eigenvalue weighted by molar-refractivity contribution is 6.55. The fourth-order valence-electron chi connectivity index (χ4n) is 3.51. The molecule has 4 rings (SSSR count). The number of amides is 3. The molecule has 0 radical (unpaired) electrons. The summed E-state index contributed by atoms with van der Waals surface area (Å²) in [7, 11) is 0. The van der Waals surface area contributed by atoms with E-state index in [9.17, 15) is 19.2 Å². The Bertz CT molecular complexity index is 1370. The number of ether oxygens (including phenoxy) is 2. The maximum Gasteiger partial charge on any atom is 0.329 e. The first kappa shape index (κ1) is 26.8. The molecule has 37 heavy (non-hydrogen) atoms. The van der Waals surface area contributed by atoms with Crippen molar-refractivity contribution in [2.24, 2.45) is 0 Å². The molecule has 3 aromatic rings. The second kappa shape index (κ2) is 11.0. The highest BCUT2D eigenvalue weighted by Gasteiger charge is 2.45. The number of nitrogens with zero attached hydrogens (tertiary/aromatic N) is 1. The Balaban J connectivity index is 1.35. The maximum atomic E-state index is 12.9. The first-order valence-electron chi connectivity index (χ1n) is 10.6. The number of hydrogen-bond donors (Lipinski definition) is 1. The monoisotopic (exact) mass is 580 g/mol. The summed E-state index contributed by atoms with van der Waals surface area (Å²) >= 11 is 24.2. The van der Waals surface area contributed by atoms with Crippen molar-refractivity contribution in [1.82, 2.24) is 4.90 Å². The standard InChI is InChI=1S/C25H16Cl4N2O6/c1-12(31-23(33)17-18(24(31)34)20(27)22(29)21(28)19(17)26)25(35)36-11-16(32)30-13-7-9-15(10-8-13)37-14-5-3-2-4-6-14/h2-10,12H,11H2,1H3,(H,30,32)/t12-/m1/s1. The molecule has 8 nitrogen and oxygen atoms in total. The minimum absolute atomic E-state index is 0.193. The number of fused-ring (bicyclic) bond motifs is 1. The summed E-state index contributed by atoms with van der Waals surface area (Å²) in [6, 6.07) is 14.3. The van der Waals surface area contributed by atoms with E-state index in [0.717, 1.165) is 0 Å². The summed E-state index contributed by atoms with van der Waals surface area (Å²) in [5.41, 5.74) is -0.0841. The van der Waals surface area contributed by atoms with Crippen molar-refractivity contribution in [3.05, 3.63) is 85.8 Å². The topological polar surface area (TPSA) is 102 Å². The van der Waals surface area contributed by atoms with Gasteiger partial charge in [-0.3, -0.25) is 19.3 Å². The molecular formula is C25H16Cl4N2O6. The molecule has 0 saturated heterocycles. The third-order valence-electron chi connectivity index (χ3n) is 5.32. The molecule has 3 aromatic carbocycles. The van der Waals surface area contributed by atoms with Gasteiger partial charge < -0.3 is 14.8 Å². The molecular weight excluding hydrogens is 566 g/mol. The molecule has 190 valence electrons. The van der Waals surface area contributed by atoms with Crippen molar-refractivity contribution < 1.29 is 28.7 Å². The number of rotatable bonds is 7. The van der Waals surface area contributed by atoms with Crippen LogP contribution in [0, 0.1) is 0 Å². The predicted octanol–water partition coefficient (Wildman–Crippen LogP) is 6.26. The Morgan fingerprint density at radius 1 is 0.811 bits per heavy atom. The van der Waals surface area contributed by atoms with Gasteiger partial charge in [-0.1, -0.05) is 64.6 Å². The summed E-state index contributed by atoms with van der Waals surface area (Å²) in [5.74, 6) is -2.19. The Labute approximate surface area is 230 Å². The normalized spacial score (nSPS) is 13.3. The molecule has 0 saturated carbocycles. The van der Waals surface area contributed by atoms with Crippen molar-refractivity contribution >= 4 is 75.8 Å². The van der Waals surface area contributed by atoms with Crippen molar-refractivity contribution in [3.8, 4) is 11.5 Å². The largest absolute Gasteiger partial charge is 0.457 e. The lowest BCUT2D eigenvalue weighted by atomic mass is 10.1. The van der Waals surface area contributed by atoms with Gasteiger partial charge in [0, 0.05) is 5.69 Å². The van der Waals surface area contributed by atoms with Crippen molar-refractivity contribution in [1.29, 1.82) is 0 Å². The van der Waals surface area contributed by atoms with Crippen LogP contribution < -0.4 is 10.1 Å². The fraction of sp³-hybridized carbons (Fsp3) is 0.120. The van der Waals surface area contributed by atoms with Crippen LogP contribution in [0.15, 0.2) is 54.6 Å². The number of hydrogen-bond acceptors (Lipinski definition) is 6. The van der Waals surface area contributed by atoms with Gasteiger partial charge in [0.15, 0.2) is 6.61 Å². The number of anilines is 1. The van der Waals surface area contributed by atoms with Gasteiger partial charge >= 0.3 is 5.97 Å². The van der Waals surface area contributed by atoms with Gasteiger partial charge in [-0.15, -0.1) is 0 Å². The van der Waals surface area contributed by atoms with E-state index in [1.807, 2.05) is 18.2 Å². The lowest BCUT2D eigenvalue weighted by Crippen LogP contribution is -2.44. The molecule has 0 spiro atoms. The van der Waals surface area contributed by atoms with E-state index in [-0.39, 0.29) is 31.2 Å². The zero-order chi connectivity index (χ0) is 26.9. The summed E-state index contributed by atoms with van der Waals surface area (Å²) in [6.45, 7) is 0.603. The zero-order valence-corrected chi connectivity index (χ0v) is 21.9. The molecule has 0 aliphatic carbocycles. The number of carbonyl (C=O) groups is 4. The van der Waals surface area contributed by atoms with Crippen LogP contribution in [0.5, 0.6) is 11.5 Å². The number of benzene rings is 3. The average molecular weight is 582 g/mol. The number of esters is 1. The minimum atomic E-state index is -1.39. The highest BCUT2D eigenvalue weighted by Crippen LogP contribution is 2.45. The highest BCUT2D eigenvalue weighted by atomic mass is 35.5. The summed E-state index contributed by atoms with van der Waals surface area (Å²) in [5, 5.41) is 1.67. The van der Waals surface area contributed by atoms with Gasteiger partial charge in [0.05, 0.1) is 31.2 Å². The third-order valence-corrected chi connectivity index (χ3v) is 7.13. The Hall–Kier alpha value is -3.30. The lowest BCUT2D eigenvalue weighted by Gasteiger charge is -2.20. The quantitative estimate of drug-likeness (QED) is 0.153. The number of para-hydroxylation sites is 1. The van der Waals surface area contributed by atoms with E-state index in [4.69, 9.17) is 55.9 Å². The van der Waals surface area contributed by atoms with E-state index in [2.05, 4.69) is 5.32 Å². The smallest absolute Gasteiger partial charge is 0.329 e. The van der Waals surface area contributed by atoms with Crippen LogP contribution in [0.25, 0.3) is 0 Å². The third kappa shape index (κ3) is 5.38. The molecule has 0 aromatic heterocycles. The molecule has 1 aliphatic rings. The summed E-state index contributed by atoms with van der Waals surface area (Å²) < 4.78 is 10.7. The summed E-state index contributed by atoms with van der Waals surface area (Å²) in [4.78, 5) is 51.2. The van der Waals surface area contributed by atoms with Crippen LogP contribution >= 0.6 is 46.4 Å². The number of nitrogens with one attached hydrogen (secondary N) is 1. The molecule has 1 atom stereocenters. The van der Waals surface area contributed by atoms with Crippen LogP contribution in [0.2, 0.25) is 20.1 Å². The molecule has 12 heteroatoms. The van der Waals surface area contributed by atoms with Gasteiger partial charge in [-0.25, -0.2) is 4.79 Å². The molecule has 1 aliphatic heterocycles. The Morgan fingerprint density at radius 2 is 1.32 bits per heavy atom. The Kier molecular flexibility index (Phi) is 7.94. The van der Waals surface area contributed by atoms with Crippen LogP contribution in [0.3, 0.4) is 0 Å². The first-order valence-corrected chi connectivity index (χ1v) is 12.1. The SMILES string of the molecule is C[C@H](C(=O)OCC(=O)Nc1ccc(Oc2ccccc2)cc1)N1C(=O)c2c(Cl)c(Cl)c(Cl)c(Cl)c2C1=O. The molecule has 0 unspecified atom stereocenters. The van der Waals surface area contributed by atoms with E-state index in [1.165, 1.54) is 6.92 Å². The van der Waals surface area contributed by atoms with Crippen LogP contribution in [-0.2, 0) is 14.3 Å². The molecule has 1 heterocycles. The fourth-order valence-corrected chi connectivity index (χ4v) is 4.52. The van der Waals surface area contributed by atoms with E-state index in [0.29, 0.717) is 22.1 Å². The van der Waals surface area contributed by atoms with Crippen molar-refractivity contribution in [2.45, 2.75) is 13.0 Å². The van der Waals surface area contributed by atoms with E-state index >= 15 is 0 Å². The van der Waals surface area contributed by atoms with Crippen molar-refractivity contribution in [3.63, 3.8) is 0 Å². The van der Waals surface area contributed by atoms with Gasteiger partial charge in [0.2, 0.25) is 0 Å². The number of imide groups is 1. The van der Waals surface area contributed by atoms with Crippen molar-refractivity contribution in [2.75, 3.05) is 11.9 Å². The average Bonchev–Trinajstić information content (AvgIpc) is 3.15. The lowest BCUT2D eigenvalue weighted by molar-refractivity contribution is -0.150. The van der Waals surface area contributed by atoms with Crippen LogP contribution in [0.1, 0.15) is 27.6 Å². The minimum Gasteiger partial charge on any atom is -0.457 e. The molecule has 3 amide bonds. The second-order valence-corrected chi connectivity index (χ2v) is 9.27. The van der Waals surface area contributed by atoms with Crippen LogP contribution in [0.4, 0.5) is 5.69 Å². The maximum absolute atomic E-state index is 12.9. The number of carbonyl (C=O) groups excluding carboxylic acids is 4. The van der Waals surface area contributed by atoms with E-state index < -0.39 is 36.3 Å². The van der Waals surface area contributed by atoms with Gasteiger partial charge in [0.25, 0.3) is 17.7 Å². The summed E-state index contributed by atoms with van der Waals surface area (Å²) in [6.07, 6.45) is 0. The van der Waals surface area contributed by atoms with Gasteiger partial charge in [-0.05, 0) is 43.3 Å². The second-order valence-electron chi connectivity index (χ2n) is 7.76. The molecule has 1 N–H and O–H groups in total. The molecule has 0 fully saturated rings. The molecule has 0 bridgehead atoms. The van der Waals surface area contributed by atoms with Gasteiger partial charge in [-0.2, -0.15) is 0 Å². The van der Waals surface area contributed by atoms with Gasteiger partial charge in [0.1, 0.15) is 17.5 Å². The zero-order valence-electron chi connectivity index (χ0n) is 18.9. The number of halogens is 4. The Morgan fingerprint density at radius 3 is 1.86 bits per heavy atom.